The van der Waals surface area contributed by atoms with Crippen molar-refractivity contribution in [1.29, 1.82) is 0 Å². The zero-order valence-corrected chi connectivity index (χ0v) is 10.6. The maximum Gasteiger partial charge on any atom is 0.303 e. The highest BCUT2D eigenvalue weighted by atomic mass is 16.5. The SMILES string of the molecule is CN(CCCC(=O)O)C1CCOc2ccccc21. The summed E-state index contributed by atoms with van der Waals surface area (Å²) in [5.74, 6) is 0.231. The zero-order chi connectivity index (χ0) is 13.0. The van der Waals surface area contributed by atoms with E-state index in [0.29, 0.717) is 12.5 Å². The summed E-state index contributed by atoms with van der Waals surface area (Å²) in [6.45, 7) is 1.52. The van der Waals surface area contributed by atoms with Crippen LogP contribution in [0.2, 0.25) is 0 Å². The van der Waals surface area contributed by atoms with E-state index < -0.39 is 5.97 Å². The molecule has 0 amide bonds. The van der Waals surface area contributed by atoms with Gasteiger partial charge >= 0.3 is 5.97 Å². The number of carboxylic acid groups (broad SMARTS) is 1. The van der Waals surface area contributed by atoms with Crippen LogP contribution in [-0.4, -0.2) is 36.2 Å². The maximum absolute atomic E-state index is 10.5. The number of para-hydroxylation sites is 1. The fraction of sp³-hybridized carbons (Fsp3) is 0.500. The smallest absolute Gasteiger partial charge is 0.303 e. The second kappa shape index (κ2) is 5.87. The summed E-state index contributed by atoms with van der Waals surface area (Å²) < 4.78 is 5.63. The number of hydrogen-bond acceptors (Lipinski definition) is 3. The number of aliphatic carboxylic acids is 1. The van der Waals surface area contributed by atoms with Crippen LogP contribution in [0, 0.1) is 0 Å². The normalized spacial score (nSPS) is 18.2. The fourth-order valence-electron chi connectivity index (χ4n) is 2.42. The van der Waals surface area contributed by atoms with Crippen LogP contribution in [0.4, 0.5) is 0 Å². The minimum absolute atomic E-state index is 0.231. The Balaban J connectivity index is 1.99. The van der Waals surface area contributed by atoms with Gasteiger partial charge in [0, 0.05) is 24.4 Å². The molecule has 1 aliphatic heterocycles. The van der Waals surface area contributed by atoms with E-state index in [9.17, 15) is 4.79 Å². The first-order chi connectivity index (χ1) is 8.68. The number of rotatable bonds is 5. The van der Waals surface area contributed by atoms with Gasteiger partial charge in [-0.25, -0.2) is 0 Å². The van der Waals surface area contributed by atoms with E-state index in [1.165, 1.54) is 5.56 Å². The molecule has 1 aliphatic rings. The molecule has 1 heterocycles. The summed E-state index contributed by atoms with van der Waals surface area (Å²) in [4.78, 5) is 12.7. The summed E-state index contributed by atoms with van der Waals surface area (Å²) in [6, 6.07) is 8.42. The maximum atomic E-state index is 10.5. The Bertz CT molecular complexity index is 419. The molecule has 2 rings (SSSR count). The molecule has 0 bridgehead atoms. The molecule has 4 heteroatoms. The number of carbonyl (C=O) groups is 1. The summed E-state index contributed by atoms with van der Waals surface area (Å²) in [7, 11) is 2.05. The van der Waals surface area contributed by atoms with Crippen LogP contribution in [0.25, 0.3) is 0 Å². The third kappa shape index (κ3) is 3.01. The lowest BCUT2D eigenvalue weighted by Gasteiger charge is -2.33. The number of carboxylic acids is 1. The van der Waals surface area contributed by atoms with Crippen molar-refractivity contribution in [2.75, 3.05) is 20.2 Å². The lowest BCUT2D eigenvalue weighted by molar-refractivity contribution is -0.137. The van der Waals surface area contributed by atoms with Crippen molar-refractivity contribution in [3.63, 3.8) is 0 Å². The molecule has 1 unspecified atom stereocenters. The number of hydrogen-bond donors (Lipinski definition) is 1. The predicted octanol–water partition coefficient (Wildman–Crippen LogP) is 2.31. The Kier molecular flexibility index (Phi) is 4.20. The van der Waals surface area contributed by atoms with Gasteiger partial charge in [0.1, 0.15) is 5.75 Å². The number of ether oxygens (including phenoxy) is 1. The van der Waals surface area contributed by atoms with E-state index in [0.717, 1.165) is 25.3 Å². The van der Waals surface area contributed by atoms with Gasteiger partial charge in [0.2, 0.25) is 0 Å². The van der Waals surface area contributed by atoms with Crippen molar-refractivity contribution in [2.45, 2.75) is 25.3 Å². The molecule has 0 spiro atoms. The predicted molar refractivity (Wildman–Crippen MR) is 68.8 cm³/mol. The standard InChI is InChI=1S/C14H19NO3/c1-15(9-4-7-14(16)17)12-8-10-18-13-6-3-2-5-11(12)13/h2-3,5-6,12H,4,7-10H2,1H3,(H,16,17). The first kappa shape index (κ1) is 12.9. The van der Waals surface area contributed by atoms with E-state index in [1.807, 2.05) is 18.2 Å². The van der Waals surface area contributed by atoms with E-state index >= 15 is 0 Å². The van der Waals surface area contributed by atoms with Crippen molar-refractivity contribution < 1.29 is 14.6 Å². The molecule has 0 aliphatic carbocycles. The van der Waals surface area contributed by atoms with E-state index in [4.69, 9.17) is 9.84 Å². The van der Waals surface area contributed by atoms with Crippen LogP contribution in [0.15, 0.2) is 24.3 Å². The largest absolute Gasteiger partial charge is 0.493 e. The van der Waals surface area contributed by atoms with Gasteiger partial charge in [-0.15, -0.1) is 0 Å². The van der Waals surface area contributed by atoms with Gasteiger partial charge in [-0.05, 0) is 26.1 Å². The average molecular weight is 249 g/mol. The van der Waals surface area contributed by atoms with Gasteiger partial charge in [0.05, 0.1) is 6.61 Å². The minimum Gasteiger partial charge on any atom is -0.493 e. The molecule has 1 atom stereocenters. The van der Waals surface area contributed by atoms with Crippen LogP contribution in [0.3, 0.4) is 0 Å². The Morgan fingerprint density at radius 1 is 1.50 bits per heavy atom. The average Bonchev–Trinajstić information content (AvgIpc) is 2.37. The molecular weight excluding hydrogens is 230 g/mol. The molecule has 4 nitrogen and oxygen atoms in total. The van der Waals surface area contributed by atoms with Gasteiger partial charge in [-0.2, -0.15) is 0 Å². The summed E-state index contributed by atoms with van der Waals surface area (Å²) in [5.41, 5.74) is 1.21. The molecule has 0 saturated heterocycles. The number of benzene rings is 1. The number of fused-ring (bicyclic) bond motifs is 1. The summed E-state index contributed by atoms with van der Waals surface area (Å²) in [6.07, 6.45) is 1.88. The van der Waals surface area contributed by atoms with Crippen LogP contribution < -0.4 is 4.74 Å². The molecular formula is C14H19NO3. The van der Waals surface area contributed by atoms with Gasteiger partial charge in [0.25, 0.3) is 0 Å². The molecule has 1 aromatic rings. The van der Waals surface area contributed by atoms with Crippen molar-refractivity contribution in [1.82, 2.24) is 4.90 Å². The van der Waals surface area contributed by atoms with Crippen LogP contribution in [-0.2, 0) is 4.79 Å². The molecule has 98 valence electrons. The Hall–Kier alpha value is -1.55. The molecule has 0 aromatic heterocycles. The highest BCUT2D eigenvalue weighted by Gasteiger charge is 2.24. The third-order valence-electron chi connectivity index (χ3n) is 3.36. The molecule has 1 aromatic carbocycles. The second-order valence-corrected chi connectivity index (χ2v) is 4.67. The quantitative estimate of drug-likeness (QED) is 0.870. The Morgan fingerprint density at radius 3 is 3.06 bits per heavy atom. The van der Waals surface area contributed by atoms with Gasteiger partial charge in [-0.1, -0.05) is 18.2 Å². The topological polar surface area (TPSA) is 49.8 Å². The van der Waals surface area contributed by atoms with Crippen LogP contribution >= 0.6 is 0 Å². The van der Waals surface area contributed by atoms with Crippen molar-refractivity contribution in [2.24, 2.45) is 0 Å². The van der Waals surface area contributed by atoms with Crippen molar-refractivity contribution in [3.8, 4) is 5.75 Å². The molecule has 0 fully saturated rings. The first-order valence-electron chi connectivity index (χ1n) is 6.32. The highest BCUT2D eigenvalue weighted by molar-refractivity contribution is 5.66. The summed E-state index contributed by atoms with van der Waals surface area (Å²) in [5, 5.41) is 8.66. The molecule has 0 saturated carbocycles. The lowest BCUT2D eigenvalue weighted by atomic mass is 9.99. The second-order valence-electron chi connectivity index (χ2n) is 4.67. The van der Waals surface area contributed by atoms with Crippen LogP contribution in [0.5, 0.6) is 5.75 Å². The summed E-state index contributed by atoms with van der Waals surface area (Å²) >= 11 is 0. The zero-order valence-electron chi connectivity index (χ0n) is 10.6. The molecule has 18 heavy (non-hydrogen) atoms. The Morgan fingerprint density at radius 2 is 2.28 bits per heavy atom. The van der Waals surface area contributed by atoms with Crippen molar-refractivity contribution in [3.05, 3.63) is 29.8 Å². The lowest BCUT2D eigenvalue weighted by Crippen LogP contribution is -2.30. The van der Waals surface area contributed by atoms with E-state index in [1.54, 1.807) is 0 Å². The van der Waals surface area contributed by atoms with E-state index in [2.05, 4.69) is 18.0 Å². The number of nitrogens with zero attached hydrogens (tertiary/aromatic N) is 1. The molecule has 1 N–H and O–H groups in total. The monoisotopic (exact) mass is 249 g/mol. The first-order valence-corrected chi connectivity index (χ1v) is 6.32. The Labute approximate surface area is 107 Å². The van der Waals surface area contributed by atoms with Gasteiger partial charge in [-0.3, -0.25) is 9.69 Å². The van der Waals surface area contributed by atoms with Gasteiger partial charge in [0.15, 0.2) is 0 Å². The van der Waals surface area contributed by atoms with Crippen molar-refractivity contribution >= 4 is 5.97 Å². The fourth-order valence-corrected chi connectivity index (χ4v) is 2.42. The van der Waals surface area contributed by atoms with Gasteiger partial charge < -0.3 is 9.84 Å². The van der Waals surface area contributed by atoms with E-state index in [-0.39, 0.29) is 6.42 Å². The van der Waals surface area contributed by atoms with Crippen LogP contribution in [0.1, 0.15) is 30.9 Å². The highest BCUT2D eigenvalue weighted by Crippen LogP contribution is 2.34. The molecule has 0 radical (unpaired) electrons. The minimum atomic E-state index is -0.726. The third-order valence-corrected chi connectivity index (χ3v) is 3.36.